The quantitative estimate of drug-likeness (QED) is 0.778. The molecule has 3 N–H and O–H groups in total. The Labute approximate surface area is 131 Å². The number of carbonyl (C=O) groups is 1. The van der Waals surface area contributed by atoms with Crippen LogP contribution < -0.4 is 11.1 Å². The molecule has 20 heavy (non-hydrogen) atoms. The van der Waals surface area contributed by atoms with Crippen LogP contribution in [0.5, 0.6) is 0 Å². The van der Waals surface area contributed by atoms with Gasteiger partial charge in [-0.1, -0.05) is 11.6 Å². The van der Waals surface area contributed by atoms with Gasteiger partial charge in [0, 0.05) is 15.1 Å². The van der Waals surface area contributed by atoms with Gasteiger partial charge in [-0.3, -0.25) is 4.79 Å². The Morgan fingerprint density at radius 2 is 1.95 bits per heavy atom. The summed E-state index contributed by atoms with van der Waals surface area (Å²) in [7, 11) is 0. The van der Waals surface area contributed by atoms with E-state index in [1.165, 1.54) is 0 Å². The first kappa shape index (κ1) is 14.9. The van der Waals surface area contributed by atoms with Crippen molar-refractivity contribution in [2.24, 2.45) is 0 Å². The van der Waals surface area contributed by atoms with Gasteiger partial charge in [-0.25, -0.2) is 0 Å². The van der Waals surface area contributed by atoms with Gasteiger partial charge in [-0.2, -0.15) is 0 Å². The second-order valence-corrected chi connectivity index (χ2v) is 5.89. The van der Waals surface area contributed by atoms with Crippen molar-refractivity contribution in [3.8, 4) is 0 Å². The summed E-state index contributed by atoms with van der Waals surface area (Å²) in [5.74, 6) is -0.221. The van der Waals surface area contributed by atoms with Gasteiger partial charge in [0.15, 0.2) is 0 Å². The molecule has 0 unspecified atom stereocenters. The molecule has 0 atom stereocenters. The molecule has 0 spiro atoms. The van der Waals surface area contributed by atoms with Crippen molar-refractivity contribution in [3.05, 3.63) is 56.5 Å². The van der Waals surface area contributed by atoms with E-state index in [0.717, 1.165) is 15.6 Å². The van der Waals surface area contributed by atoms with Crippen molar-refractivity contribution in [1.29, 1.82) is 0 Å². The number of nitrogens with two attached hydrogens (primary N) is 1. The first-order valence-corrected chi connectivity index (χ1v) is 7.18. The molecule has 0 fully saturated rings. The Morgan fingerprint density at radius 1 is 1.25 bits per heavy atom. The van der Waals surface area contributed by atoms with E-state index in [1.54, 1.807) is 18.2 Å². The zero-order valence-corrected chi connectivity index (χ0v) is 13.5. The number of halogens is 2. The van der Waals surface area contributed by atoms with Crippen LogP contribution in [-0.4, -0.2) is 5.91 Å². The number of anilines is 2. The predicted molar refractivity (Wildman–Crippen MR) is 87.4 cm³/mol. The molecule has 2 aromatic carbocycles. The van der Waals surface area contributed by atoms with E-state index in [1.807, 2.05) is 26.0 Å². The van der Waals surface area contributed by atoms with E-state index in [0.29, 0.717) is 22.0 Å². The van der Waals surface area contributed by atoms with Gasteiger partial charge in [0.2, 0.25) is 0 Å². The van der Waals surface area contributed by atoms with Crippen LogP contribution in [-0.2, 0) is 0 Å². The summed E-state index contributed by atoms with van der Waals surface area (Å²) in [6.07, 6.45) is 0. The van der Waals surface area contributed by atoms with Crippen LogP contribution in [0, 0.1) is 13.8 Å². The highest BCUT2D eigenvalue weighted by Crippen LogP contribution is 2.30. The molecule has 0 aliphatic carbocycles. The fraction of sp³-hybridized carbons (Fsp3) is 0.133. The largest absolute Gasteiger partial charge is 0.397 e. The number of carbonyl (C=O) groups excluding carboxylic acids is 1. The van der Waals surface area contributed by atoms with E-state index < -0.39 is 0 Å². The third-order valence-electron chi connectivity index (χ3n) is 2.92. The second kappa shape index (κ2) is 5.85. The van der Waals surface area contributed by atoms with Gasteiger partial charge in [0.1, 0.15) is 0 Å². The van der Waals surface area contributed by atoms with Gasteiger partial charge in [-0.15, -0.1) is 0 Å². The van der Waals surface area contributed by atoms with E-state index in [2.05, 4.69) is 21.2 Å². The van der Waals surface area contributed by atoms with Crippen LogP contribution in [0.3, 0.4) is 0 Å². The summed E-state index contributed by atoms with van der Waals surface area (Å²) in [5, 5.41) is 3.45. The van der Waals surface area contributed by atoms with Crippen molar-refractivity contribution in [1.82, 2.24) is 0 Å². The lowest BCUT2D eigenvalue weighted by atomic mass is 10.1. The maximum Gasteiger partial charge on any atom is 0.255 e. The highest BCUT2D eigenvalue weighted by molar-refractivity contribution is 9.10. The average Bonchev–Trinajstić information content (AvgIpc) is 2.36. The number of hydrogen-bond acceptors (Lipinski definition) is 2. The minimum absolute atomic E-state index is 0.221. The Morgan fingerprint density at radius 3 is 2.55 bits per heavy atom. The Balaban J connectivity index is 2.30. The number of amides is 1. The molecule has 0 heterocycles. The van der Waals surface area contributed by atoms with Crippen molar-refractivity contribution >= 4 is 44.8 Å². The summed E-state index contributed by atoms with van der Waals surface area (Å²) < 4.78 is 0.758. The van der Waals surface area contributed by atoms with Crippen LogP contribution >= 0.6 is 27.5 Å². The highest BCUT2D eigenvalue weighted by Gasteiger charge is 2.12. The van der Waals surface area contributed by atoms with Crippen LogP contribution in [0.1, 0.15) is 21.5 Å². The second-order valence-electron chi connectivity index (χ2n) is 4.63. The molecule has 0 saturated heterocycles. The molecule has 5 heteroatoms. The highest BCUT2D eigenvalue weighted by atomic mass is 79.9. The lowest BCUT2D eigenvalue weighted by molar-refractivity contribution is 0.102. The van der Waals surface area contributed by atoms with Crippen molar-refractivity contribution < 1.29 is 4.79 Å². The van der Waals surface area contributed by atoms with E-state index in [4.69, 9.17) is 17.3 Å². The molecule has 0 radical (unpaired) electrons. The van der Waals surface area contributed by atoms with Gasteiger partial charge in [-0.05, 0) is 71.2 Å². The molecule has 0 saturated carbocycles. The lowest BCUT2D eigenvalue weighted by Crippen LogP contribution is -2.14. The SMILES string of the molecule is Cc1cc(N)c(NC(=O)c2ccc(Cl)c(C)c2)c(Br)c1. The fourth-order valence-corrected chi connectivity index (χ4v) is 2.68. The van der Waals surface area contributed by atoms with Crippen LogP contribution in [0.25, 0.3) is 0 Å². The van der Waals surface area contributed by atoms with E-state index in [9.17, 15) is 4.79 Å². The molecule has 0 aliphatic rings. The number of rotatable bonds is 2. The first-order chi connectivity index (χ1) is 9.38. The van der Waals surface area contributed by atoms with Crippen LogP contribution in [0.2, 0.25) is 5.02 Å². The summed E-state index contributed by atoms with van der Waals surface area (Å²) >= 11 is 9.36. The molecule has 1 amide bonds. The number of aryl methyl sites for hydroxylation is 2. The lowest BCUT2D eigenvalue weighted by Gasteiger charge is -2.12. The van der Waals surface area contributed by atoms with Crippen molar-refractivity contribution in [2.45, 2.75) is 13.8 Å². The van der Waals surface area contributed by atoms with E-state index >= 15 is 0 Å². The third-order valence-corrected chi connectivity index (χ3v) is 3.97. The Hall–Kier alpha value is -1.52. The Bertz CT molecular complexity index is 663. The summed E-state index contributed by atoms with van der Waals surface area (Å²) in [4.78, 5) is 12.2. The molecule has 0 bridgehead atoms. The molecule has 2 aromatic rings. The topological polar surface area (TPSA) is 55.1 Å². The molecular formula is C15H14BrClN2O. The molecule has 3 nitrogen and oxygen atoms in total. The number of hydrogen-bond donors (Lipinski definition) is 2. The van der Waals surface area contributed by atoms with Gasteiger partial charge in [0.25, 0.3) is 5.91 Å². The number of benzene rings is 2. The zero-order chi connectivity index (χ0) is 14.9. The standard InChI is InChI=1S/C15H14BrClN2O/c1-8-5-11(16)14(13(18)6-8)19-15(20)10-3-4-12(17)9(2)7-10/h3-7H,18H2,1-2H3,(H,19,20). The first-order valence-electron chi connectivity index (χ1n) is 6.01. The maximum atomic E-state index is 12.2. The van der Waals surface area contributed by atoms with Gasteiger partial charge >= 0.3 is 0 Å². The summed E-state index contributed by atoms with van der Waals surface area (Å²) in [5.41, 5.74) is 9.46. The fourth-order valence-electron chi connectivity index (χ4n) is 1.87. The zero-order valence-electron chi connectivity index (χ0n) is 11.1. The number of nitrogen functional groups attached to an aromatic ring is 1. The van der Waals surface area contributed by atoms with Crippen molar-refractivity contribution in [3.63, 3.8) is 0 Å². The summed E-state index contributed by atoms with van der Waals surface area (Å²) in [6.45, 7) is 3.80. The Kier molecular flexibility index (Phi) is 4.35. The third kappa shape index (κ3) is 3.14. The molecule has 104 valence electrons. The minimum Gasteiger partial charge on any atom is -0.397 e. The summed E-state index contributed by atoms with van der Waals surface area (Å²) in [6, 6.07) is 8.85. The van der Waals surface area contributed by atoms with Crippen molar-refractivity contribution in [2.75, 3.05) is 11.1 Å². The monoisotopic (exact) mass is 352 g/mol. The van der Waals surface area contributed by atoms with Crippen LogP contribution in [0.15, 0.2) is 34.8 Å². The molecule has 2 rings (SSSR count). The number of nitrogens with one attached hydrogen (secondary N) is 1. The molecule has 0 aromatic heterocycles. The molecule has 0 aliphatic heterocycles. The minimum atomic E-state index is -0.221. The van der Waals surface area contributed by atoms with Crippen LogP contribution in [0.4, 0.5) is 11.4 Å². The smallest absolute Gasteiger partial charge is 0.255 e. The van der Waals surface area contributed by atoms with Gasteiger partial charge < -0.3 is 11.1 Å². The maximum absolute atomic E-state index is 12.2. The molecular weight excluding hydrogens is 340 g/mol. The average molecular weight is 354 g/mol. The van der Waals surface area contributed by atoms with Gasteiger partial charge in [0.05, 0.1) is 11.4 Å². The predicted octanol–water partition coefficient (Wildman–Crippen LogP) is 4.55. The normalized spacial score (nSPS) is 10.4. The van der Waals surface area contributed by atoms with E-state index in [-0.39, 0.29) is 5.91 Å².